The third-order valence-corrected chi connectivity index (χ3v) is 19.4. The predicted molar refractivity (Wildman–Crippen MR) is 412 cm³/mol. The molecule has 9 heteroatoms. The van der Waals surface area contributed by atoms with Crippen LogP contribution in [0.25, 0.3) is 178 Å². The Balaban J connectivity index is 0.000000139. The first-order chi connectivity index (χ1) is 49.6. The van der Waals surface area contributed by atoms with Crippen LogP contribution in [0.2, 0.25) is 0 Å². The lowest BCUT2D eigenvalue weighted by Crippen LogP contribution is -2.02. The second-order valence-electron chi connectivity index (χ2n) is 25.2. The van der Waals surface area contributed by atoms with Crippen LogP contribution in [-0.4, -0.2) is 43.2 Å². The summed E-state index contributed by atoms with van der Waals surface area (Å²) < 4.78 is 9.19. The molecule has 8 aromatic heterocycles. The van der Waals surface area contributed by atoms with Gasteiger partial charge in [0.05, 0.1) is 67.8 Å². The molecule has 100 heavy (non-hydrogen) atoms. The van der Waals surface area contributed by atoms with E-state index in [1.54, 1.807) is 0 Å². The Hall–Kier alpha value is -13.6. The molecule has 12 aromatic carbocycles. The fourth-order valence-corrected chi connectivity index (χ4v) is 14.8. The Morgan fingerprint density at radius 1 is 0.200 bits per heavy atom. The molecule has 0 N–H and O–H groups in total. The van der Waals surface area contributed by atoms with Crippen LogP contribution < -0.4 is 0 Å². The minimum Gasteiger partial charge on any atom is -0.309 e. The molecule has 0 fully saturated rings. The minimum absolute atomic E-state index is 0.702. The van der Waals surface area contributed by atoms with Crippen molar-refractivity contribution in [2.24, 2.45) is 0 Å². The highest BCUT2D eigenvalue weighted by Gasteiger charge is 2.23. The second kappa shape index (κ2) is 24.2. The van der Waals surface area contributed by atoms with E-state index < -0.39 is 0 Å². The summed E-state index contributed by atoms with van der Waals surface area (Å²) in [7, 11) is 0. The molecule has 0 atom stereocenters. The molecule has 0 aliphatic rings. The van der Waals surface area contributed by atoms with Crippen LogP contribution in [0.5, 0.6) is 0 Å². The Morgan fingerprint density at radius 2 is 0.550 bits per heavy atom. The molecule has 468 valence electrons. The zero-order chi connectivity index (χ0) is 66.0. The fraction of sp³-hybridized carbons (Fsp3) is 0. The molecule has 0 amide bonds. The summed E-state index contributed by atoms with van der Waals surface area (Å²) in [5, 5.41) is 9.39. The summed E-state index contributed by atoms with van der Waals surface area (Å²) in [4.78, 5) is 25.4. The fourth-order valence-electron chi connectivity index (χ4n) is 14.8. The second-order valence-corrected chi connectivity index (χ2v) is 25.2. The SMILES string of the molecule is c1ccc(-c2cc(-n3c4ccccc4c4cc(-c5cnc6c(c5)c5ccccc5n6-c5ccccc5)ccc43)cc(-c3ccccc3)n2)cc1.c1ccc(-c2ncc(-n3c4ccccc4c4cc(-c5cnc6c(c5)c5ccccc5n6-c5ccccc5)ccc43)c(-c3ccccc3)n2)cc1. The third-order valence-electron chi connectivity index (χ3n) is 19.4. The van der Waals surface area contributed by atoms with Gasteiger partial charge < -0.3 is 9.13 Å². The van der Waals surface area contributed by atoms with E-state index in [-0.39, 0.29) is 0 Å². The average molecular weight is 1280 g/mol. The van der Waals surface area contributed by atoms with Gasteiger partial charge in [0.25, 0.3) is 0 Å². The molecule has 0 spiro atoms. The van der Waals surface area contributed by atoms with Crippen LogP contribution in [0.3, 0.4) is 0 Å². The number of benzene rings is 12. The highest BCUT2D eigenvalue weighted by Crippen LogP contribution is 2.42. The first-order valence-electron chi connectivity index (χ1n) is 33.7. The van der Waals surface area contributed by atoms with E-state index in [1.807, 2.05) is 61.1 Å². The molecule has 0 saturated carbocycles. The lowest BCUT2D eigenvalue weighted by atomic mass is 10.0. The van der Waals surface area contributed by atoms with Gasteiger partial charge >= 0.3 is 0 Å². The summed E-state index contributed by atoms with van der Waals surface area (Å²) >= 11 is 0. The van der Waals surface area contributed by atoms with E-state index >= 15 is 0 Å². The van der Waals surface area contributed by atoms with Gasteiger partial charge in [-0.15, -0.1) is 0 Å². The van der Waals surface area contributed by atoms with E-state index in [9.17, 15) is 0 Å². The maximum Gasteiger partial charge on any atom is 0.159 e. The molecule has 20 aromatic rings. The Morgan fingerprint density at radius 3 is 1.01 bits per heavy atom. The van der Waals surface area contributed by atoms with Gasteiger partial charge in [0.2, 0.25) is 0 Å². The Labute approximate surface area is 575 Å². The van der Waals surface area contributed by atoms with Crippen molar-refractivity contribution in [3.63, 3.8) is 0 Å². The van der Waals surface area contributed by atoms with Gasteiger partial charge in [-0.2, -0.15) is 0 Å². The lowest BCUT2D eigenvalue weighted by Gasteiger charge is -2.14. The molecule has 9 nitrogen and oxygen atoms in total. The standard InChI is InChI=1S/C46H30N4.C45H29N5/c1-4-14-31(15-5-1)41-28-36(29-42(48-41)32-16-6-2-7-17-32)49-43-22-12-10-20-37(43)39-26-33(24-25-45(39)49)34-27-40-38-21-11-13-23-44(38)50(46(40)47-30-34)35-18-8-3-9-19-35;1-4-14-30(15-5-1)43-42(29-46-44(48-43)31-16-6-2-7-17-31)50-40-23-13-10-20-35(40)37-26-32(24-25-41(37)50)33-27-38-36-21-11-12-22-39(36)49(45(38)47-28-33)34-18-8-3-9-19-34/h1-30H;1-29H. The molecule has 0 aliphatic carbocycles. The molecule has 20 rings (SSSR count). The van der Waals surface area contributed by atoms with Crippen molar-refractivity contribution in [1.29, 1.82) is 0 Å². The smallest absolute Gasteiger partial charge is 0.159 e. The Bertz CT molecular complexity index is 6440. The number of hydrogen-bond donors (Lipinski definition) is 0. The number of aromatic nitrogens is 9. The number of fused-ring (bicyclic) bond motifs is 12. The van der Waals surface area contributed by atoms with Crippen molar-refractivity contribution >= 4 is 87.5 Å². The molecule has 0 radical (unpaired) electrons. The average Bonchev–Trinajstić information content (AvgIpc) is 1.62. The van der Waals surface area contributed by atoms with Crippen molar-refractivity contribution in [2.75, 3.05) is 0 Å². The van der Waals surface area contributed by atoms with Crippen LogP contribution in [-0.2, 0) is 0 Å². The van der Waals surface area contributed by atoms with Crippen molar-refractivity contribution in [3.8, 4) is 90.2 Å². The summed E-state index contributed by atoms with van der Waals surface area (Å²) in [5.41, 5.74) is 24.3. The summed E-state index contributed by atoms with van der Waals surface area (Å²) in [5.74, 6) is 0.702. The number of rotatable bonds is 10. The zero-order valence-electron chi connectivity index (χ0n) is 54.1. The highest BCUT2D eigenvalue weighted by molar-refractivity contribution is 6.14. The molecule has 0 bridgehead atoms. The number of hydrogen-bond acceptors (Lipinski definition) is 5. The zero-order valence-corrected chi connectivity index (χ0v) is 54.1. The van der Waals surface area contributed by atoms with Gasteiger partial charge in [0.15, 0.2) is 5.82 Å². The quantitative estimate of drug-likeness (QED) is 0.136. The monoisotopic (exact) mass is 1280 g/mol. The molecule has 0 aliphatic heterocycles. The van der Waals surface area contributed by atoms with Crippen molar-refractivity contribution < 1.29 is 0 Å². The lowest BCUT2D eigenvalue weighted by molar-refractivity contribution is 1.09. The van der Waals surface area contributed by atoms with E-state index in [0.29, 0.717) is 5.82 Å². The van der Waals surface area contributed by atoms with Crippen molar-refractivity contribution in [1.82, 2.24) is 43.2 Å². The van der Waals surface area contributed by atoms with Gasteiger partial charge in [-0.25, -0.2) is 24.9 Å². The van der Waals surface area contributed by atoms with E-state index in [4.69, 9.17) is 24.9 Å². The van der Waals surface area contributed by atoms with E-state index in [0.717, 1.165) is 145 Å². The number of para-hydroxylation sites is 6. The third kappa shape index (κ3) is 9.90. The van der Waals surface area contributed by atoms with Crippen LogP contribution >= 0.6 is 0 Å². The number of pyridine rings is 3. The van der Waals surface area contributed by atoms with Crippen LogP contribution in [0.15, 0.2) is 358 Å². The van der Waals surface area contributed by atoms with Crippen LogP contribution in [0.1, 0.15) is 0 Å². The maximum absolute atomic E-state index is 5.18. The van der Waals surface area contributed by atoms with Gasteiger partial charge in [0.1, 0.15) is 11.3 Å². The van der Waals surface area contributed by atoms with Crippen LogP contribution in [0.4, 0.5) is 0 Å². The van der Waals surface area contributed by atoms with Gasteiger partial charge in [-0.05, 0) is 108 Å². The van der Waals surface area contributed by atoms with Gasteiger partial charge in [-0.3, -0.25) is 9.13 Å². The normalized spacial score (nSPS) is 11.6. The molecular weight excluding hydrogens is 1220 g/mol. The van der Waals surface area contributed by atoms with Gasteiger partial charge in [0, 0.05) is 100 Å². The van der Waals surface area contributed by atoms with Crippen LogP contribution in [0, 0.1) is 0 Å². The number of nitrogens with zero attached hydrogens (tertiary/aromatic N) is 9. The van der Waals surface area contributed by atoms with E-state index in [1.165, 1.54) is 26.9 Å². The molecule has 8 heterocycles. The molecular formula is C91H59N9. The topological polar surface area (TPSA) is 84.2 Å². The molecule has 0 unspecified atom stereocenters. The largest absolute Gasteiger partial charge is 0.309 e. The van der Waals surface area contributed by atoms with Crippen molar-refractivity contribution in [3.05, 3.63) is 358 Å². The van der Waals surface area contributed by atoms with Gasteiger partial charge in [-0.1, -0.05) is 243 Å². The first kappa shape index (κ1) is 57.8. The first-order valence-corrected chi connectivity index (χ1v) is 33.7. The highest BCUT2D eigenvalue weighted by atomic mass is 15.1. The Kier molecular flexibility index (Phi) is 14.0. The van der Waals surface area contributed by atoms with E-state index in [2.05, 4.69) is 316 Å². The van der Waals surface area contributed by atoms with Crippen molar-refractivity contribution in [2.45, 2.75) is 0 Å². The minimum atomic E-state index is 0.702. The predicted octanol–water partition coefficient (Wildman–Crippen LogP) is 22.7. The maximum atomic E-state index is 5.18. The molecule has 0 saturated heterocycles. The summed E-state index contributed by atoms with van der Waals surface area (Å²) in [6, 6.07) is 119. The summed E-state index contributed by atoms with van der Waals surface area (Å²) in [6.07, 6.45) is 5.99. The summed E-state index contributed by atoms with van der Waals surface area (Å²) in [6.45, 7) is 0.